The van der Waals surface area contributed by atoms with E-state index in [1.54, 1.807) is 4.57 Å². The van der Waals surface area contributed by atoms with Gasteiger partial charge < -0.3 is 10.2 Å². The molecule has 0 aliphatic rings. The van der Waals surface area contributed by atoms with E-state index < -0.39 is 0 Å². The van der Waals surface area contributed by atoms with Gasteiger partial charge in [0.2, 0.25) is 0 Å². The van der Waals surface area contributed by atoms with Crippen LogP contribution in [0.5, 0.6) is 0 Å². The van der Waals surface area contributed by atoms with E-state index in [1.807, 2.05) is 42.5 Å². The predicted molar refractivity (Wildman–Crippen MR) is 118 cm³/mol. The highest BCUT2D eigenvalue weighted by Gasteiger charge is 2.25. The smallest absolute Gasteiger partial charge is 0.407 e. The first-order valence-corrected chi connectivity index (χ1v) is 10.1. The van der Waals surface area contributed by atoms with Crippen LogP contribution in [0.15, 0.2) is 57.7 Å². The van der Waals surface area contributed by atoms with Gasteiger partial charge in [0.05, 0.1) is 11.0 Å². The first-order valence-electron chi connectivity index (χ1n) is 10.1. The molecule has 2 heterocycles. The zero-order valence-electron chi connectivity index (χ0n) is 17.4. The standard InChI is InChI=1S/C24H27N3O2/c1-15(2)16-9-7-11-20-22(16)29-23(28)27(20)13-12-24(3,4)18-14-21(25)26-19-10-6-5-8-17(18)19/h5-11,14-15H,12-13H2,1-4H3,(H2,25,26). The van der Waals surface area contributed by atoms with Gasteiger partial charge in [0, 0.05) is 11.9 Å². The number of nitrogens with two attached hydrogens (primary N) is 1. The first-order chi connectivity index (χ1) is 13.8. The topological polar surface area (TPSA) is 74.0 Å². The lowest BCUT2D eigenvalue weighted by molar-refractivity contribution is 0.420. The average Bonchev–Trinajstić information content (AvgIpc) is 3.00. The van der Waals surface area contributed by atoms with E-state index in [4.69, 9.17) is 10.2 Å². The number of hydrogen-bond acceptors (Lipinski definition) is 4. The molecular formula is C24H27N3O2. The summed E-state index contributed by atoms with van der Waals surface area (Å²) in [7, 11) is 0. The second-order valence-electron chi connectivity index (χ2n) is 8.62. The summed E-state index contributed by atoms with van der Waals surface area (Å²) in [5.41, 5.74) is 10.5. The highest BCUT2D eigenvalue weighted by molar-refractivity contribution is 5.84. The third kappa shape index (κ3) is 3.41. The molecule has 2 aromatic heterocycles. The molecule has 150 valence electrons. The van der Waals surface area contributed by atoms with E-state index in [2.05, 4.69) is 38.7 Å². The van der Waals surface area contributed by atoms with Crippen LogP contribution >= 0.6 is 0 Å². The maximum Gasteiger partial charge on any atom is 0.419 e. The number of pyridine rings is 1. The van der Waals surface area contributed by atoms with E-state index >= 15 is 0 Å². The predicted octanol–water partition coefficient (Wildman–Crippen LogP) is 5.22. The largest absolute Gasteiger partial charge is 0.419 e. The Bertz CT molecular complexity index is 1250. The third-order valence-electron chi connectivity index (χ3n) is 5.77. The van der Waals surface area contributed by atoms with E-state index in [-0.39, 0.29) is 11.2 Å². The van der Waals surface area contributed by atoms with Crippen LogP contribution in [0, 0.1) is 0 Å². The minimum Gasteiger partial charge on any atom is -0.407 e. The summed E-state index contributed by atoms with van der Waals surface area (Å²) >= 11 is 0. The molecule has 0 unspecified atom stereocenters. The highest BCUT2D eigenvalue weighted by Crippen LogP contribution is 2.34. The van der Waals surface area contributed by atoms with Crippen molar-refractivity contribution in [2.45, 2.75) is 52.0 Å². The molecule has 4 aromatic rings. The Kier molecular flexibility index (Phi) is 4.69. The number of anilines is 1. The van der Waals surface area contributed by atoms with Crippen LogP contribution in [0.4, 0.5) is 5.82 Å². The van der Waals surface area contributed by atoms with Crippen LogP contribution < -0.4 is 11.5 Å². The quantitative estimate of drug-likeness (QED) is 0.508. The number of nitrogens with zero attached hydrogens (tertiary/aromatic N) is 2. The lowest BCUT2D eigenvalue weighted by Crippen LogP contribution is -2.24. The molecule has 2 aromatic carbocycles. The maximum atomic E-state index is 12.6. The van der Waals surface area contributed by atoms with Crippen molar-refractivity contribution in [2.75, 3.05) is 5.73 Å². The van der Waals surface area contributed by atoms with Crippen molar-refractivity contribution in [2.24, 2.45) is 0 Å². The molecule has 4 rings (SSSR count). The minimum atomic E-state index is -0.303. The van der Waals surface area contributed by atoms with Crippen LogP contribution in [-0.2, 0) is 12.0 Å². The first kappa shape index (κ1) is 19.2. The molecule has 0 aliphatic heterocycles. The minimum absolute atomic E-state index is 0.199. The molecule has 2 N–H and O–H groups in total. The highest BCUT2D eigenvalue weighted by atomic mass is 16.4. The number of oxazole rings is 1. The second-order valence-corrected chi connectivity index (χ2v) is 8.62. The molecule has 0 bridgehead atoms. The number of aryl methyl sites for hydroxylation is 1. The van der Waals surface area contributed by atoms with E-state index in [0.717, 1.165) is 34.0 Å². The van der Waals surface area contributed by atoms with Gasteiger partial charge in [-0.15, -0.1) is 0 Å². The Morgan fingerprint density at radius 1 is 1.14 bits per heavy atom. The number of nitrogen functional groups attached to an aromatic ring is 1. The summed E-state index contributed by atoms with van der Waals surface area (Å²) in [6, 6.07) is 16.0. The Morgan fingerprint density at radius 3 is 2.66 bits per heavy atom. The zero-order chi connectivity index (χ0) is 20.8. The molecule has 29 heavy (non-hydrogen) atoms. The molecular weight excluding hydrogens is 362 g/mol. The van der Waals surface area contributed by atoms with Crippen molar-refractivity contribution in [3.8, 4) is 0 Å². The van der Waals surface area contributed by atoms with Crippen molar-refractivity contribution in [3.05, 3.63) is 70.2 Å². The third-order valence-corrected chi connectivity index (χ3v) is 5.77. The molecule has 0 saturated carbocycles. The van der Waals surface area contributed by atoms with Gasteiger partial charge in [0.15, 0.2) is 5.58 Å². The lowest BCUT2D eigenvalue weighted by atomic mass is 9.79. The summed E-state index contributed by atoms with van der Waals surface area (Å²) in [4.78, 5) is 17.0. The Labute approximate surface area is 170 Å². The van der Waals surface area contributed by atoms with Gasteiger partial charge in [0.1, 0.15) is 5.82 Å². The van der Waals surface area contributed by atoms with E-state index in [0.29, 0.717) is 23.9 Å². The molecule has 0 saturated heterocycles. The molecule has 0 amide bonds. The van der Waals surface area contributed by atoms with Gasteiger partial charge in [0.25, 0.3) is 0 Å². The molecule has 0 fully saturated rings. The van der Waals surface area contributed by atoms with Gasteiger partial charge in [-0.05, 0) is 47.1 Å². The van der Waals surface area contributed by atoms with Crippen LogP contribution in [-0.4, -0.2) is 9.55 Å². The van der Waals surface area contributed by atoms with E-state index in [1.165, 1.54) is 0 Å². The van der Waals surface area contributed by atoms with E-state index in [9.17, 15) is 4.79 Å². The van der Waals surface area contributed by atoms with Gasteiger partial charge in [-0.2, -0.15) is 0 Å². The van der Waals surface area contributed by atoms with Gasteiger partial charge >= 0.3 is 5.76 Å². The number of benzene rings is 2. The summed E-state index contributed by atoms with van der Waals surface area (Å²) < 4.78 is 7.37. The van der Waals surface area contributed by atoms with Gasteiger partial charge in [-0.1, -0.05) is 58.0 Å². The summed E-state index contributed by atoms with van der Waals surface area (Å²) in [5, 5.41) is 1.10. The number of para-hydroxylation sites is 2. The molecule has 5 nitrogen and oxygen atoms in total. The summed E-state index contributed by atoms with van der Waals surface area (Å²) in [6.07, 6.45) is 0.765. The van der Waals surface area contributed by atoms with Crippen LogP contribution in [0.1, 0.15) is 51.2 Å². The van der Waals surface area contributed by atoms with Crippen molar-refractivity contribution in [1.29, 1.82) is 0 Å². The van der Waals surface area contributed by atoms with Crippen molar-refractivity contribution >= 4 is 27.8 Å². The second kappa shape index (κ2) is 7.07. The maximum absolute atomic E-state index is 12.6. The number of rotatable bonds is 5. The van der Waals surface area contributed by atoms with Gasteiger partial charge in [-0.25, -0.2) is 9.78 Å². The average molecular weight is 389 g/mol. The monoisotopic (exact) mass is 389 g/mol. The van der Waals surface area contributed by atoms with Crippen molar-refractivity contribution < 1.29 is 4.42 Å². The SMILES string of the molecule is CC(C)c1cccc2c1oc(=O)n2CCC(C)(C)c1cc(N)nc2ccccc12. The summed E-state index contributed by atoms with van der Waals surface area (Å²) in [6.45, 7) is 9.14. The number of hydrogen-bond donors (Lipinski definition) is 1. The molecule has 0 radical (unpaired) electrons. The number of aromatic nitrogens is 2. The molecule has 5 heteroatoms. The summed E-state index contributed by atoms with van der Waals surface area (Å²) in [5.74, 6) is 0.502. The van der Waals surface area contributed by atoms with Crippen molar-refractivity contribution in [1.82, 2.24) is 9.55 Å². The number of fused-ring (bicyclic) bond motifs is 2. The fourth-order valence-corrected chi connectivity index (χ4v) is 4.05. The molecule has 0 aliphatic carbocycles. The van der Waals surface area contributed by atoms with Crippen LogP contribution in [0.2, 0.25) is 0 Å². The van der Waals surface area contributed by atoms with Crippen LogP contribution in [0.25, 0.3) is 22.0 Å². The Hall–Kier alpha value is -3.08. The Morgan fingerprint density at radius 2 is 1.90 bits per heavy atom. The zero-order valence-corrected chi connectivity index (χ0v) is 17.4. The molecule has 0 atom stereocenters. The fourth-order valence-electron chi connectivity index (χ4n) is 4.05. The lowest BCUT2D eigenvalue weighted by Gasteiger charge is -2.27. The Balaban J connectivity index is 1.72. The van der Waals surface area contributed by atoms with Crippen molar-refractivity contribution in [3.63, 3.8) is 0 Å². The normalized spacial score (nSPS) is 12.3. The molecule has 0 spiro atoms. The fraction of sp³-hybridized carbons (Fsp3) is 0.333. The van der Waals surface area contributed by atoms with Crippen LogP contribution in [0.3, 0.4) is 0 Å². The van der Waals surface area contributed by atoms with Gasteiger partial charge in [-0.3, -0.25) is 4.57 Å².